The summed E-state index contributed by atoms with van der Waals surface area (Å²) in [6.07, 6.45) is 1.27. The first-order chi connectivity index (χ1) is 11.8. The van der Waals surface area contributed by atoms with Crippen molar-refractivity contribution in [1.29, 1.82) is 0 Å². The smallest absolute Gasteiger partial charge is 0.194 e. The molecule has 2 heterocycles. The molecule has 0 saturated carbocycles. The quantitative estimate of drug-likeness (QED) is 0.465. The number of aromatic nitrogens is 3. The molecule has 25 heavy (non-hydrogen) atoms. The average molecular weight is 377 g/mol. The van der Waals surface area contributed by atoms with Crippen LogP contribution in [0.1, 0.15) is 6.04 Å². The molecule has 1 saturated heterocycles. The van der Waals surface area contributed by atoms with Crippen LogP contribution in [0.5, 0.6) is 0 Å². The van der Waals surface area contributed by atoms with E-state index in [1.807, 2.05) is 6.26 Å². The maximum atomic E-state index is 13.4. The van der Waals surface area contributed by atoms with Gasteiger partial charge in [-0.3, -0.25) is 0 Å². The van der Waals surface area contributed by atoms with E-state index in [4.69, 9.17) is 0 Å². The normalized spacial score (nSPS) is 31.2. The number of benzene rings is 1. The molecule has 0 bridgehead atoms. The molecule has 3 N–H and O–H groups in total. The molecular formula is C15H18F3N3O3S. The van der Waals surface area contributed by atoms with E-state index in [0.717, 1.165) is 12.1 Å². The molecule has 10 heteroatoms. The van der Waals surface area contributed by atoms with Crippen LogP contribution in [0.3, 0.4) is 0 Å². The second kappa shape index (κ2) is 6.94. The number of aliphatic hydroxyl groups is 3. The lowest BCUT2D eigenvalue weighted by Crippen LogP contribution is -2.49. The highest BCUT2D eigenvalue weighted by Crippen LogP contribution is 2.41. The number of rotatable bonds is 3. The molecule has 1 unspecified atom stereocenters. The van der Waals surface area contributed by atoms with Crippen molar-refractivity contribution < 1.29 is 28.5 Å². The standard InChI is InChI=1S/C15H18F3N3O3S/c1-25-6-11(23)14(15(24)12(25)5-22)21-4-10(19-20-21)7-2-8(16)13(18)9(17)3-7/h2-4,11-12,14-15,22-25H,5-6H2,1H3/t11-,12+,14-,15-/m0/s1. The minimum atomic E-state index is -1.57. The fourth-order valence-corrected chi connectivity index (χ4v) is 5.15. The summed E-state index contributed by atoms with van der Waals surface area (Å²) < 4.78 is 41.0. The minimum Gasteiger partial charge on any atom is -0.395 e. The first-order valence-electron chi connectivity index (χ1n) is 7.57. The average Bonchev–Trinajstić information content (AvgIpc) is 3.01. The molecule has 2 aromatic rings. The minimum absolute atomic E-state index is 0.0149. The van der Waals surface area contributed by atoms with E-state index in [0.29, 0.717) is 5.75 Å². The number of aliphatic hydroxyl groups excluding tert-OH is 3. The molecule has 1 aromatic carbocycles. The van der Waals surface area contributed by atoms with Crippen LogP contribution in [0.4, 0.5) is 13.2 Å². The molecular weight excluding hydrogens is 359 g/mol. The molecule has 3 rings (SSSR count). The molecule has 0 aliphatic carbocycles. The Labute approximate surface area is 144 Å². The molecule has 1 aliphatic heterocycles. The SMILES string of the molecule is C[SH]1C[C@H](O)[C@H](n2cc(-c3cc(F)c(F)c(F)c3)nn2)[C@@H](O)[C@H]1CO. The Morgan fingerprint density at radius 3 is 2.48 bits per heavy atom. The maximum absolute atomic E-state index is 13.4. The fraction of sp³-hybridized carbons (Fsp3) is 0.467. The van der Waals surface area contributed by atoms with Crippen LogP contribution in [0.15, 0.2) is 18.3 Å². The summed E-state index contributed by atoms with van der Waals surface area (Å²) in [4.78, 5) is 0. The van der Waals surface area contributed by atoms with E-state index in [-0.39, 0.29) is 23.1 Å². The summed E-state index contributed by atoms with van der Waals surface area (Å²) >= 11 is 0. The van der Waals surface area contributed by atoms with Crippen LogP contribution in [-0.4, -0.2) is 66.4 Å². The molecule has 1 aliphatic rings. The van der Waals surface area contributed by atoms with Crippen LogP contribution in [0.25, 0.3) is 11.3 Å². The molecule has 138 valence electrons. The van der Waals surface area contributed by atoms with Gasteiger partial charge < -0.3 is 15.3 Å². The Hall–Kier alpha value is -1.62. The van der Waals surface area contributed by atoms with Gasteiger partial charge in [0.15, 0.2) is 17.5 Å². The van der Waals surface area contributed by atoms with Crippen molar-refractivity contribution in [2.24, 2.45) is 0 Å². The number of thiol groups is 1. The predicted molar refractivity (Wildman–Crippen MR) is 87.0 cm³/mol. The molecule has 5 atom stereocenters. The molecule has 0 spiro atoms. The van der Waals surface area contributed by atoms with Gasteiger partial charge in [-0.2, -0.15) is 0 Å². The van der Waals surface area contributed by atoms with Crippen molar-refractivity contribution in [1.82, 2.24) is 15.0 Å². The van der Waals surface area contributed by atoms with Gasteiger partial charge in [-0.1, -0.05) is 5.21 Å². The van der Waals surface area contributed by atoms with Gasteiger partial charge in [0.25, 0.3) is 0 Å². The van der Waals surface area contributed by atoms with E-state index < -0.39 is 46.6 Å². The Morgan fingerprint density at radius 1 is 1.24 bits per heavy atom. The van der Waals surface area contributed by atoms with Crippen molar-refractivity contribution in [2.45, 2.75) is 23.5 Å². The molecule has 6 nitrogen and oxygen atoms in total. The summed E-state index contributed by atoms with van der Waals surface area (Å²) in [6, 6.07) is 0.747. The Kier molecular flexibility index (Phi) is 5.05. The zero-order valence-electron chi connectivity index (χ0n) is 13.2. The lowest BCUT2D eigenvalue weighted by atomic mass is 10.0. The Balaban J connectivity index is 1.93. The van der Waals surface area contributed by atoms with Crippen LogP contribution in [0, 0.1) is 17.5 Å². The van der Waals surface area contributed by atoms with Crippen LogP contribution >= 0.6 is 10.9 Å². The number of nitrogens with zero attached hydrogens (tertiary/aromatic N) is 3. The third-order valence-corrected chi connectivity index (χ3v) is 7.01. The van der Waals surface area contributed by atoms with Crippen molar-refractivity contribution in [3.8, 4) is 11.3 Å². The first kappa shape index (κ1) is 18.2. The molecule has 0 amide bonds. The van der Waals surface area contributed by atoms with E-state index in [2.05, 4.69) is 10.3 Å². The Bertz CT molecular complexity index is 752. The summed E-state index contributed by atoms with van der Waals surface area (Å²) in [7, 11) is -0.753. The lowest BCUT2D eigenvalue weighted by Gasteiger charge is -2.43. The van der Waals surface area contributed by atoms with E-state index in [1.54, 1.807) is 0 Å². The van der Waals surface area contributed by atoms with E-state index >= 15 is 0 Å². The second-order valence-electron chi connectivity index (χ2n) is 6.08. The molecule has 1 fully saturated rings. The number of hydrogen-bond donors (Lipinski definition) is 4. The van der Waals surface area contributed by atoms with Crippen molar-refractivity contribution in [3.63, 3.8) is 0 Å². The maximum Gasteiger partial charge on any atom is 0.194 e. The van der Waals surface area contributed by atoms with Crippen molar-refractivity contribution in [2.75, 3.05) is 18.6 Å². The van der Waals surface area contributed by atoms with Crippen LogP contribution < -0.4 is 0 Å². The van der Waals surface area contributed by atoms with E-state index in [9.17, 15) is 28.5 Å². The van der Waals surface area contributed by atoms with Crippen LogP contribution in [0.2, 0.25) is 0 Å². The van der Waals surface area contributed by atoms with Crippen molar-refractivity contribution in [3.05, 3.63) is 35.8 Å². The second-order valence-corrected chi connectivity index (χ2v) is 8.62. The van der Waals surface area contributed by atoms with Gasteiger partial charge in [0.1, 0.15) is 11.7 Å². The predicted octanol–water partition coefficient (Wildman–Crippen LogP) is 0.631. The van der Waals surface area contributed by atoms with Gasteiger partial charge in [-0.15, -0.1) is 5.10 Å². The fourth-order valence-electron chi connectivity index (χ4n) is 3.09. The van der Waals surface area contributed by atoms with Gasteiger partial charge in [-0.05, 0) is 18.4 Å². The first-order valence-corrected chi connectivity index (χ1v) is 9.61. The zero-order valence-corrected chi connectivity index (χ0v) is 14.1. The highest BCUT2D eigenvalue weighted by atomic mass is 32.2. The van der Waals surface area contributed by atoms with Gasteiger partial charge >= 0.3 is 0 Å². The highest BCUT2D eigenvalue weighted by Gasteiger charge is 2.41. The number of halogens is 3. The number of hydrogen-bond acceptors (Lipinski definition) is 5. The van der Waals surface area contributed by atoms with Gasteiger partial charge in [0.2, 0.25) is 0 Å². The van der Waals surface area contributed by atoms with Gasteiger partial charge in [-0.25, -0.2) is 28.7 Å². The zero-order chi connectivity index (χ0) is 18.3. The summed E-state index contributed by atoms with van der Waals surface area (Å²) in [5.41, 5.74) is 0.0565. The topological polar surface area (TPSA) is 91.4 Å². The largest absolute Gasteiger partial charge is 0.395 e. The summed E-state index contributed by atoms with van der Waals surface area (Å²) in [5.74, 6) is -3.85. The molecule has 0 radical (unpaired) electrons. The third kappa shape index (κ3) is 3.26. The van der Waals surface area contributed by atoms with Gasteiger partial charge in [0, 0.05) is 16.6 Å². The monoisotopic (exact) mass is 377 g/mol. The van der Waals surface area contributed by atoms with Gasteiger partial charge in [0.05, 0.1) is 25.0 Å². The van der Waals surface area contributed by atoms with Crippen molar-refractivity contribution >= 4 is 10.9 Å². The Morgan fingerprint density at radius 2 is 1.88 bits per heavy atom. The molecule has 1 aromatic heterocycles. The third-order valence-electron chi connectivity index (χ3n) is 4.46. The van der Waals surface area contributed by atoms with E-state index in [1.165, 1.54) is 10.9 Å². The summed E-state index contributed by atoms with van der Waals surface area (Å²) in [5, 5.41) is 37.5. The lowest BCUT2D eigenvalue weighted by molar-refractivity contribution is 0.00783. The summed E-state index contributed by atoms with van der Waals surface area (Å²) in [6.45, 7) is -0.220. The van der Waals surface area contributed by atoms with Crippen LogP contribution in [-0.2, 0) is 0 Å². The highest BCUT2D eigenvalue weighted by molar-refractivity contribution is 8.17.